The molecule has 1 aromatic carbocycles. The lowest BCUT2D eigenvalue weighted by Gasteiger charge is -1.89. The van der Waals surface area contributed by atoms with E-state index in [1.165, 1.54) is 18.2 Å². The molecule has 5 heteroatoms. The van der Waals surface area contributed by atoms with Gasteiger partial charge in [-0.2, -0.15) is 0 Å². The summed E-state index contributed by atoms with van der Waals surface area (Å²) in [5.41, 5.74) is 0.0868. The van der Waals surface area contributed by atoms with Crippen molar-refractivity contribution in [3.8, 4) is 0 Å². The Morgan fingerprint density at radius 3 is 2.75 bits per heavy atom. The predicted molar refractivity (Wildman–Crippen MR) is 43.2 cm³/mol. The summed E-state index contributed by atoms with van der Waals surface area (Å²) in [5.74, 6) is -1.09. The van der Waals surface area contributed by atoms with Gasteiger partial charge < -0.3 is 5.11 Å². The number of benzene rings is 1. The molecule has 0 saturated heterocycles. The van der Waals surface area contributed by atoms with Crippen LogP contribution in [-0.2, 0) is 0 Å². The van der Waals surface area contributed by atoms with Crippen molar-refractivity contribution in [3.05, 3.63) is 33.8 Å². The Kier molecular flexibility index (Phi) is 2.26. The number of carboxylic acid groups (broad SMARTS) is 1. The highest BCUT2D eigenvalue weighted by atomic mass is 35.5. The van der Waals surface area contributed by atoms with Crippen LogP contribution in [0.3, 0.4) is 0 Å². The van der Waals surface area contributed by atoms with E-state index in [1.807, 2.05) is 0 Å². The lowest BCUT2D eigenvalue weighted by molar-refractivity contribution is 0.0697. The van der Waals surface area contributed by atoms with Crippen molar-refractivity contribution >= 4 is 23.3 Å². The van der Waals surface area contributed by atoms with Crippen molar-refractivity contribution in [2.45, 2.75) is 0 Å². The van der Waals surface area contributed by atoms with Crippen molar-refractivity contribution in [2.24, 2.45) is 0 Å². The SMILES string of the molecule is N#[N+]c1cc(C(=O)O)ccc1Cl. The molecule has 0 aliphatic heterocycles. The van der Waals surface area contributed by atoms with Crippen LogP contribution < -0.4 is 0 Å². The molecule has 0 amide bonds. The zero-order chi connectivity index (χ0) is 9.14. The van der Waals surface area contributed by atoms with Gasteiger partial charge in [0, 0.05) is 6.07 Å². The van der Waals surface area contributed by atoms with Gasteiger partial charge in [-0.15, -0.1) is 0 Å². The molecule has 4 nitrogen and oxygen atoms in total. The quantitative estimate of drug-likeness (QED) is 0.681. The van der Waals surface area contributed by atoms with Crippen LogP contribution in [0.1, 0.15) is 10.4 Å². The molecule has 0 aliphatic rings. The topological polar surface area (TPSA) is 65.5 Å². The van der Waals surface area contributed by atoms with Crippen molar-refractivity contribution in [1.82, 2.24) is 0 Å². The Hall–Kier alpha value is -1.60. The molecule has 0 aliphatic carbocycles. The van der Waals surface area contributed by atoms with E-state index in [1.54, 1.807) is 0 Å². The minimum absolute atomic E-state index is 0.0344. The third-order valence-electron chi connectivity index (χ3n) is 1.30. The monoisotopic (exact) mass is 183 g/mol. The highest BCUT2D eigenvalue weighted by Crippen LogP contribution is 2.25. The molecule has 1 rings (SSSR count). The molecule has 0 spiro atoms. The Balaban J connectivity index is 3.25. The van der Waals surface area contributed by atoms with Gasteiger partial charge in [-0.1, -0.05) is 11.6 Å². The van der Waals surface area contributed by atoms with Gasteiger partial charge in [-0.25, -0.2) is 4.79 Å². The molecule has 0 aromatic heterocycles. The van der Waals surface area contributed by atoms with Gasteiger partial charge in [0.1, 0.15) is 5.02 Å². The smallest absolute Gasteiger partial charge is 0.404 e. The standard InChI is InChI=1S/C7H3ClN2O2/c8-5-2-1-4(7(11)12)3-6(5)10-9/h1-3H/p+1. The van der Waals surface area contributed by atoms with Gasteiger partial charge in [0.05, 0.1) is 5.56 Å². The number of diazo groups is 1. The molecule has 0 unspecified atom stereocenters. The number of halogens is 1. The summed E-state index contributed by atoms with van der Waals surface area (Å²) in [6.07, 6.45) is 0. The van der Waals surface area contributed by atoms with Gasteiger partial charge in [-0.05, 0) is 12.1 Å². The maximum atomic E-state index is 10.4. The van der Waals surface area contributed by atoms with Crippen LogP contribution >= 0.6 is 11.6 Å². The van der Waals surface area contributed by atoms with Crippen molar-refractivity contribution in [3.63, 3.8) is 0 Å². The maximum Gasteiger partial charge on any atom is 0.404 e. The van der Waals surface area contributed by atoms with E-state index in [0.29, 0.717) is 0 Å². The van der Waals surface area contributed by atoms with E-state index in [4.69, 9.17) is 22.1 Å². The first-order valence-electron chi connectivity index (χ1n) is 3.03. The van der Waals surface area contributed by atoms with Crippen LogP contribution in [0.15, 0.2) is 18.2 Å². The lowest BCUT2D eigenvalue weighted by atomic mass is 10.2. The molecule has 1 N–H and O–H groups in total. The maximum absolute atomic E-state index is 10.4. The molecule has 0 bridgehead atoms. The number of rotatable bonds is 1. The van der Waals surface area contributed by atoms with E-state index < -0.39 is 5.97 Å². The fourth-order valence-electron chi connectivity index (χ4n) is 0.722. The number of carboxylic acids is 1. The Morgan fingerprint density at radius 2 is 2.25 bits per heavy atom. The van der Waals surface area contributed by atoms with E-state index in [0.717, 1.165) is 0 Å². The highest BCUT2D eigenvalue weighted by molar-refractivity contribution is 6.33. The van der Waals surface area contributed by atoms with Crippen molar-refractivity contribution in [1.29, 1.82) is 5.39 Å². The number of nitrogens with zero attached hydrogens (tertiary/aromatic N) is 2. The molecule has 0 fully saturated rings. The molecule has 0 heterocycles. The molecular weight excluding hydrogens is 180 g/mol. The summed E-state index contributed by atoms with van der Waals surface area (Å²) in [5, 5.41) is 17.1. The van der Waals surface area contributed by atoms with Crippen LogP contribution in [0.2, 0.25) is 5.02 Å². The fourth-order valence-corrected chi connectivity index (χ4v) is 0.878. The molecule has 60 valence electrons. The van der Waals surface area contributed by atoms with Gasteiger partial charge >= 0.3 is 11.7 Å². The minimum Gasteiger partial charge on any atom is -0.478 e. The summed E-state index contributed by atoms with van der Waals surface area (Å²) in [4.78, 5) is 13.2. The fraction of sp³-hybridized carbons (Fsp3) is 0. The van der Waals surface area contributed by atoms with E-state index in [2.05, 4.69) is 4.98 Å². The zero-order valence-corrected chi connectivity index (χ0v) is 6.62. The first-order chi connectivity index (χ1) is 5.65. The van der Waals surface area contributed by atoms with Gasteiger partial charge in [0.2, 0.25) is 5.39 Å². The van der Waals surface area contributed by atoms with Gasteiger partial charge in [-0.3, -0.25) is 0 Å². The molecular formula is C7H4ClN2O2+. The lowest BCUT2D eigenvalue weighted by Crippen LogP contribution is -1.94. The zero-order valence-electron chi connectivity index (χ0n) is 5.86. The number of carbonyl (C=O) groups is 1. The second-order valence-corrected chi connectivity index (χ2v) is 2.48. The van der Waals surface area contributed by atoms with Crippen LogP contribution in [-0.4, -0.2) is 11.1 Å². The van der Waals surface area contributed by atoms with Crippen LogP contribution in [0, 0.1) is 5.39 Å². The van der Waals surface area contributed by atoms with Crippen LogP contribution in [0.5, 0.6) is 0 Å². The highest BCUT2D eigenvalue weighted by Gasteiger charge is 2.15. The molecule has 12 heavy (non-hydrogen) atoms. The summed E-state index contributed by atoms with van der Waals surface area (Å²) in [7, 11) is 0. The van der Waals surface area contributed by atoms with E-state index in [9.17, 15) is 4.79 Å². The minimum atomic E-state index is -1.09. The average Bonchev–Trinajstić information content (AvgIpc) is 2.05. The average molecular weight is 184 g/mol. The number of aromatic carboxylic acids is 1. The molecule has 0 atom stereocenters. The Bertz CT molecular complexity index is 370. The predicted octanol–water partition coefficient (Wildman–Crippen LogP) is 2.52. The van der Waals surface area contributed by atoms with E-state index in [-0.39, 0.29) is 16.3 Å². The number of hydrogen-bond donors (Lipinski definition) is 1. The van der Waals surface area contributed by atoms with Crippen molar-refractivity contribution in [2.75, 3.05) is 0 Å². The van der Waals surface area contributed by atoms with Gasteiger partial charge in [0.15, 0.2) is 4.98 Å². The largest absolute Gasteiger partial charge is 0.478 e. The molecule has 0 saturated carbocycles. The summed E-state index contributed by atoms with van der Waals surface area (Å²) < 4.78 is 0. The van der Waals surface area contributed by atoms with Gasteiger partial charge in [0.25, 0.3) is 0 Å². The van der Waals surface area contributed by atoms with E-state index >= 15 is 0 Å². The van der Waals surface area contributed by atoms with Crippen molar-refractivity contribution < 1.29 is 9.90 Å². The Morgan fingerprint density at radius 1 is 1.58 bits per heavy atom. The summed E-state index contributed by atoms with van der Waals surface area (Å²) in [6.45, 7) is 0. The normalized spacial score (nSPS) is 9.00. The first kappa shape index (κ1) is 8.50. The Labute approximate surface area is 73.0 Å². The summed E-state index contributed by atoms with van der Waals surface area (Å²) >= 11 is 5.55. The van der Waals surface area contributed by atoms with Crippen LogP contribution in [0.4, 0.5) is 5.69 Å². The molecule has 0 radical (unpaired) electrons. The van der Waals surface area contributed by atoms with Crippen LogP contribution in [0.25, 0.3) is 4.98 Å². The second kappa shape index (κ2) is 3.20. The second-order valence-electron chi connectivity index (χ2n) is 2.07. The molecule has 1 aromatic rings. The third kappa shape index (κ3) is 1.52. The third-order valence-corrected chi connectivity index (χ3v) is 1.62. The first-order valence-corrected chi connectivity index (χ1v) is 3.41. The number of hydrogen-bond acceptors (Lipinski definition) is 2. The summed E-state index contributed by atoms with van der Waals surface area (Å²) in [6, 6.07) is 3.88.